The predicted octanol–water partition coefficient (Wildman–Crippen LogP) is 0.235. The number of nitrogens with two attached hydrogens (primary N) is 1. The van der Waals surface area contributed by atoms with Crippen molar-refractivity contribution in [3.63, 3.8) is 0 Å². The summed E-state index contributed by atoms with van der Waals surface area (Å²) in [7, 11) is -7.64. The molecule has 0 bridgehead atoms. The quantitative estimate of drug-likeness (QED) is 0.545. The topological polar surface area (TPSA) is 144 Å². The fourth-order valence-corrected chi connectivity index (χ4v) is 5.50. The molecule has 31 heavy (non-hydrogen) atoms. The molecule has 0 radical (unpaired) electrons. The van der Waals surface area contributed by atoms with E-state index >= 15 is 0 Å². The highest BCUT2D eigenvalue weighted by molar-refractivity contribution is 7.89. The molecule has 1 aliphatic heterocycles. The Morgan fingerprint density at radius 3 is 2.26 bits per heavy atom. The van der Waals surface area contributed by atoms with Crippen molar-refractivity contribution in [1.82, 2.24) is 23.9 Å². The van der Waals surface area contributed by atoms with Gasteiger partial charge in [0.15, 0.2) is 0 Å². The fourth-order valence-electron chi connectivity index (χ4n) is 3.56. The molecule has 166 valence electrons. The van der Waals surface area contributed by atoms with Crippen molar-refractivity contribution in [2.75, 3.05) is 31.1 Å². The molecule has 3 heterocycles. The number of hydrogen-bond donors (Lipinski definition) is 1. The molecule has 2 aromatic heterocycles. The van der Waals surface area contributed by atoms with Gasteiger partial charge in [0.1, 0.15) is 12.1 Å². The van der Waals surface area contributed by atoms with Crippen LogP contribution in [0.1, 0.15) is 19.0 Å². The van der Waals surface area contributed by atoms with E-state index in [1.54, 1.807) is 4.52 Å². The van der Waals surface area contributed by atoms with E-state index in [0.717, 1.165) is 24.4 Å². The van der Waals surface area contributed by atoms with E-state index in [0.29, 0.717) is 18.9 Å². The molecule has 0 unspecified atom stereocenters. The molecule has 1 fully saturated rings. The molecule has 4 rings (SSSR count). The predicted molar refractivity (Wildman–Crippen MR) is 114 cm³/mol. The highest BCUT2D eigenvalue weighted by Crippen LogP contribution is 2.23. The van der Waals surface area contributed by atoms with Crippen LogP contribution in [-0.4, -0.2) is 66.9 Å². The Balaban J connectivity index is 1.53. The summed E-state index contributed by atoms with van der Waals surface area (Å²) in [4.78, 5) is 10.7. The number of primary sulfonamides is 1. The number of nitrogens with zero attached hydrogens (tertiary/aromatic N) is 6. The minimum atomic E-state index is -3.88. The van der Waals surface area contributed by atoms with Crippen LogP contribution in [0, 0.1) is 0 Å². The fraction of sp³-hybridized carbons (Fsp3) is 0.389. The number of aromatic nitrogens is 4. The Morgan fingerprint density at radius 2 is 1.65 bits per heavy atom. The second-order valence-corrected chi connectivity index (χ2v) is 10.7. The highest BCUT2D eigenvalue weighted by atomic mass is 32.2. The second kappa shape index (κ2) is 8.15. The van der Waals surface area contributed by atoms with E-state index in [-0.39, 0.29) is 22.9 Å². The first-order valence-electron chi connectivity index (χ1n) is 9.78. The maximum Gasteiger partial charge on any atom is 0.254 e. The van der Waals surface area contributed by atoms with E-state index in [1.807, 2.05) is 6.07 Å². The lowest BCUT2D eigenvalue weighted by atomic mass is 10.2. The summed E-state index contributed by atoms with van der Waals surface area (Å²) in [5, 5.41) is 9.33. The molecule has 1 aromatic carbocycles. The third-order valence-corrected chi connectivity index (χ3v) is 7.99. The van der Waals surface area contributed by atoms with Crippen molar-refractivity contribution in [1.29, 1.82) is 0 Å². The molecule has 0 aliphatic carbocycles. The van der Waals surface area contributed by atoms with Crippen LogP contribution in [0.4, 0.5) is 5.82 Å². The van der Waals surface area contributed by atoms with Crippen LogP contribution in [0.2, 0.25) is 0 Å². The van der Waals surface area contributed by atoms with Gasteiger partial charge < -0.3 is 4.90 Å². The van der Waals surface area contributed by atoms with Crippen LogP contribution in [-0.2, 0) is 26.5 Å². The molecular formula is C18H23N7O4S2. The molecule has 2 N–H and O–H groups in total. The smallest absolute Gasteiger partial charge is 0.254 e. The maximum absolute atomic E-state index is 13.0. The van der Waals surface area contributed by atoms with Crippen molar-refractivity contribution in [2.24, 2.45) is 5.14 Å². The van der Waals surface area contributed by atoms with Crippen molar-refractivity contribution in [3.05, 3.63) is 42.4 Å². The third kappa shape index (κ3) is 4.26. The summed E-state index contributed by atoms with van der Waals surface area (Å²) in [6.07, 6.45) is 3.22. The lowest BCUT2D eigenvalue weighted by molar-refractivity contribution is 0.383. The standard InChI is InChI=1S/C18H23N7O4S2/c1-2-3-14-12-17(25-18(22-14)20-13-21-25)23-8-10-24(11-9-23)31(28,29)16-6-4-15(5-7-16)30(19,26)27/h4-7,12-13H,2-3,8-11H2,1H3,(H2,19,26,27). The summed E-state index contributed by atoms with van der Waals surface area (Å²) in [6, 6.07) is 6.90. The van der Waals surface area contributed by atoms with E-state index < -0.39 is 20.0 Å². The third-order valence-electron chi connectivity index (χ3n) is 5.14. The first-order valence-corrected chi connectivity index (χ1v) is 12.8. The Hall–Kier alpha value is -2.61. The number of piperazine rings is 1. The molecule has 0 spiro atoms. The van der Waals surface area contributed by atoms with Gasteiger partial charge in [-0.1, -0.05) is 13.3 Å². The Morgan fingerprint density at radius 1 is 1.00 bits per heavy atom. The van der Waals surface area contributed by atoms with Crippen molar-refractivity contribution >= 4 is 31.6 Å². The van der Waals surface area contributed by atoms with Crippen LogP contribution in [0.3, 0.4) is 0 Å². The van der Waals surface area contributed by atoms with Gasteiger partial charge in [-0.15, -0.1) is 0 Å². The average Bonchev–Trinajstić information content (AvgIpc) is 3.22. The Bertz CT molecular complexity index is 1300. The number of sulfonamides is 2. The van der Waals surface area contributed by atoms with Gasteiger partial charge in [-0.2, -0.15) is 18.9 Å². The van der Waals surface area contributed by atoms with Crippen molar-refractivity contribution in [3.8, 4) is 0 Å². The summed E-state index contributed by atoms with van der Waals surface area (Å²) in [6.45, 7) is 3.58. The summed E-state index contributed by atoms with van der Waals surface area (Å²) in [5.74, 6) is 1.35. The average molecular weight is 466 g/mol. The van der Waals surface area contributed by atoms with Crippen LogP contribution in [0.5, 0.6) is 0 Å². The number of fused-ring (bicyclic) bond motifs is 1. The van der Waals surface area contributed by atoms with Crippen LogP contribution in [0.25, 0.3) is 5.78 Å². The molecule has 0 atom stereocenters. The Labute approximate surface area is 180 Å². The normalized spacial score (nSPS) is 16.1. The molecule has 0 saturated carbocycles. The van der Waals surface area contributed by atoms with Gasteiger partial charge >= 0.3 is 0 Å². The summed E-state index contributed by atoms with van der Waals surface area (Å²) >= 11 is 0. The van der Waals surface area contributed by atoms with Gasteiger partial charge in [0, 0.05) is 37.9 Å². The molecule has 11 nitrogen and oxygen atoms in total. The minimum Gasteiger partial charge on any atom is -0.354 e. The first-order chi connectivity index (χ1) is 14.7. The van der Waals surface area contributed by atoms with Gasteiger partial charge in [-0.25, -0.2) is 27.0 Å². The highest BCUT2D eigenvalue weighted by Gasteiger charge is 2.30. The molecule has 13 heteroatoms. The monoisotopic (exact) mass is 465 g/mol. The zero-order valence-electron chi connectivity index (χ0n) is 16.9. The van der Waals surface area contributed by atoms with Crippen LogP contribution < -0.4 is 10.0 Å². The van der Waals surface area contributed by atoms with Gasteiger partial charge in [-0.05, 0) is 30.7 Å². The largest absolute Gasteiger partial charge is 0.354 e. The van der Waals surface area contributed by atoms with Gasteiger partial charge in [-0.3, -0.25) is 0 Å². The second-order valence-electron chi connectivity index (χ2n) is 7.24. The van der Waals surface area contributed by atoms with Gasteiger partial charge in [0.2, 0.25) is 20.0 Å². The molecule has 1 saturated heterocycles. The zero-order chi connectivity index (χ0) is 22.2. The van der Waals surface area contributed by atoms with Crippen molar-refractivity contribution < 1.29 is 16.8 Å². The van der Waals surface area contributed by atoms with Gasteiger partial charge in [0.05, 0.1) is 9.79 Å². The Kier molecular flexibility index (Phi) is 5.68. The lowest BCUT2D eigenvalue weighted by Crippen LogP contribution is -2.49. The number of hydrogen-bond acceptors (Lipinski definition) is 8. The van der Waals surface area contributed by atoms with E-state index in [9.17, 15) is 16.8 Å². The van der Waals surface area contributed by atoms with E-state index in [2.05, 4.69) is 26.9 Å². The molecule has 0 amide bonds. The minimum absolute atomic E-state index is 0.0289. The molecular weight excluding hydrogens is 442 g/mol. The molecule has 1 aliphatic rings. The van der Waals surface area contributed by atoms with E-state index in [1.165, 1.54) is 34.9 Å². The maximum atomic E-state index is 13.0. The number of rotatable bonds is 6. The zero-order valence-corrected chi connectivity index (χ0v) is 18.5. The number of benzene rings is 1. The van der Waals surface area contributed by atoms with Crippen LogP contribution >= 0.6 is 0 Å². The summed E-state index contributed by atoms with van der Waals surface area (Å²) < 4.78 is 51.8. The first kappa shape index (κ1) is 21.6. The lowest BCUT2D eigenvalue weighted by Gasteiger charge is -2.35. The molecule has 3 aromatic rings. The number of anilines is 1. The number of aryl methyl sites for hydroxylation is 1. The van der Waals surface area contributed by atoms with Crippen molar-refractivity contribution in [2.45, 2.75) is 29.6 Å². The summed E-state index contributed by atoms with van der Waals surface area (Å²) in [5.41, 5.74) is 0.919. The van der Waals surface area contributed by atoms with E-state index in [4.69, 9.17) is 5.14 Å². The van der Waals surface area contributed by atoms with Gasteiger partial charge in [0.25, 0.3) is 5.78 Å². The van der Waals surface area contributed by atoms with Crippen LogP contribution in [0.15, 0.2) is 46.5 Å². The SMILES string of the molecule is CCCc1cc(N2CCN(S(=O)(=O)c3ccc(S(N)(=O)=O)cc3)CC2)n2ncnc2n1.